The van der Waals surface area contributed by atoms with Gasteiger partial charge in [0.1, 0.15) is 0 Å². The number of hydrogen-bond donors (Lipinski definition) is 1. The van der Waals surface area contributed by atoms with Crippen LogP contribution in [0.3, 0.4) is 0 Å². The predicted molar refractivity (Wildman–Crippen MR) is 68.4 cm³/mol. The number of carbonyl (C=O) groups excluding carboxylic acids is 1. The van der Waals surface area contributed by atoms with Crippen LogP contribution in [0, 0.1) is 5.41 Å². The third-order valence-corrected chi connectivity index (χ3v) is 4.50. The third kappa shape index (κ3) is 2.53. The molecule has 3 saturated heterocycles. The second-order valence-electron chi connectivity index (χ2n) is 5.89. The van der Waals surface area contributed by atoms with E-state index in [0.29, 0.717) is 17.9 Å². The normalized spacial score (nSPS) is 28.1. The Hall–Kier alpha value is -0.650. The molecule has 0 aromatic rings. The first kappa shape index (κ1) is 12.4. The van der Waals surface area contributed by atoms with E-state index in [1.165, 1.54) is 12.8 Å². The number of rotatable bonds is 2. The standard InChI is InChI=1S/C13H23N3O2/c17-12(16-5-3-14-4-6-16)9-15-10-13(11-15)1-7-18-8-2-13/h14H,1-11H2. The topological polar surface area (TPSA) is 44.8 Å². The molecule has 3 rings (SSSR count). The molecule has 3 aliphatic rings. The highest BCUT2D eigenvalue weighted by molar-refractivity contribution is 5.78. The molecule has 3 aliphatic heterocycles. The highest BCUT2D eigenvalue weighted by atomic mass is 16.5. The van der Waals surface area contributed by atoms with Gasteiger partial charge in [0, 0.05) is 57.9 Å². The molecule has 0 atom stereocenters. The van der Waals surface area contributed by atoms with Crippen LogP contribution in [0.15, 0.2) is 0 Å². The average Bonchev–Trinajstić information content (AvgIpc) is 2.39. The zero-order chi connectivity index (χ0) is 12.4. The number of nitrogens with zero attached hydrogens (tertiary/aromatic N) is 2. The number of hydrogen-bond acceptors (Lipinski definition) is 4. The van der Waals surface area contributed by atoms with Crippen LogP contribution < -0.4 is 5.32 Å². The minimum Gasteiger partial charge on any atom is -0.381 e. The summed E-state index contributed by atoms with van der Waals surface area (Å²) in [6, 6.07) is 0. The summed E-state index contributed by atoms with van der Waals surface area (Å²) in [6.07, 6.45) is 2.34. The molecule has 0 saturated carbocycles. The van der Waals surface area contributed by atoms with Gasteiger partial charge in [0.25, 0.3) is 0 Å². The van der Waals surface area contributed by atoms with Crippen molar-refractivity contribution in [3.8, 4) is 0 Å². The quantitative estimate of drug-likeness (QED) is 0.723. The number of likely N-dealkylation sites (tertiary alicyclic amines) is 1. The maximum Gasteiger partial charge on any atom is 0.236 e. The minimum atomic E-state index is 0.304. The van der Waals surface area contributed by atoms with Crippen molar-refractivity contribution in [1.29, 1.82) is 0 Å². The van der Waals surface area contributed by atoms with Crippen molar-refractivity contribution in [2.75, 3.05) is 59.0 Å². The van der Waals surface area contributed by atoms with E-state index in [0.717, 1.165) is 52.5 Å². The van der Waals surface area contributed by atoms with Gasteiger partial charge in [-0.2, -0.15) is 0 Å². The van der Waals surface area contributed by atoms with Crippen LogP contribution in [-0.4, -0.2) is 74.7 Å². The number of ether oxygens (including phenoxy) is 1. The smallest absolute Gasteiger partial charge is 0.236 e. The number of nitrogens with one attached hydrogen (secondary N) is 1. The van der Waals surface area contributed by atoms with Crippen molar-refractivity contribution < 1.29 is 9.53 Å². The average molecular weight is 253 g/mol. The lowest BCUT2D eigenvalue weighted by Gasteiger charge is -2.52. The first-order valence-electron chi connectivity index (χ1n) is 7.06. The fourth-order valence-electron chi connectivity index (χ4n) is 3.34. The molecule has 18 heavy (non-hydrogen) atoms. The Bertz CT molecular complexity index is 301. The van der Waals surface area contributed by atoms with Crippen molar-refractivity contribution >= 4 is 5.91 Å². The molecule has 5 nitrogen and oxygen atoms in total. The molecule has 3 heterocycles. The Kier molecular flexibility index (Phi) is 3.54. The maximum atomic E-state index is 12.1. The third-order valence-electron chi connectivity index (χ3n) is 4.50. The van der Waals surface area contributed by atoms with Crippen LogP contribution in [-0.2, 0) is 9.53 Å². The molecule has 102 valence electrons. The molecule has 0 aliphatic carbocycles. The van der Waals surface area contributed by atoms with Crippen LogP contribution >= 0.6 is 0 Å². The molecule has 0 unspecified atom stereocenters. The van der Waals surface area contributed by atoms with E-state index in [-0.39, 0.29) is 0 Å². The Morgan fingerprint density at radius 2 is 1.83 bits per heavy atom. The first-order chi connectivity index (χ1) is 8.77. The highest BCUT2D eigenvalue weighted by Gasteiger charge is 2.44. The Balaban J connectivity index is 1.43. The maximum absolute atomic E-state index is 12.1. The number of amides is 1. The van der Waals surface area contributed by atoms with Gasteiger partial charge in [0.2, 0.25) is 5.91 Å². The minimum absolute atomic E-state index is 0.304. The summed E-state index contributed by atoms with van der Waals surface area (Å²) in [4.78, 5) is 16.4. The van der Waals surface area contributed by atoms with Gasteiger partial charge in [-0.25, -0.2) is 0 Å². The molecular weight excluding hydrogens is 230 g/mol. The summed E-state index contributed by atoms with van der Waals surface area (Å²) in [6.45, 7) is 8.21. The van der Waals surface area contributed by atoms with Gasteiger partial charge >= 0.3 is 0 Å². The van der Waals surface area contributed by atoms with E-state index in [2.05, 4.69) is 10.2 Å². The predicted octanol–water partition coefficient (Wildman–Crippen LogP) is -0.469. The van der Waals surface area contributed by atoms with Gasteiger partial charge in [0.15, 0.2) is 0 Å². The lowest BCUT2D eigenvalue weighted by atomic mass is 9.73. The lowest BCUT2D eigenvalue weighted by molar-refractivity contribution is -0.139. The van der Waals surface area contributed by atoms with Crippen molar-refractivity contribution in [1.82, 2.24) is 15.1 Å². The fourth-order valence-corrected chi connectivity index (χ4v) is 3.34. The van der Waals surface area contributed by atoms with Gasteiger partial charge in [-0.15, -0.1) is 0 Å². The zero-order valence-electron chi connectivity index (χ0n) is 11.0. The molecule has 5 heteroatoms. The van der Waals surface area contributed by atoms with Crippen molar-refractivity contribution in [2.45, 2.75) is 12.8 Å². The Labute approximate surface area is 108 Å². The summed E-state index contributed by atoms with van der Waals surface area (Å²) in [5.74, 6) is 0.304. The van der Waals surface area contributed by atoms with Crippen LogP contribution in [0.4, 0.5) is 0 Å². The monoisotopic (exact) mass is 253 g/mol. The van der Waals surface area contributed by atoms with Gasteiger partial charge in [-0.05, 0) is 12.8 Å². The Morgan fingerprint density at radius 1 is 1.17 bits per heavy atom. The van der Waals surface area contributed by atoms with E-state index in [1.807, 2.05) is 4.90 Å². The van der Waals surface area contributed by atoms with Crippen LogP contribution in [0.25, 0.3) is 0 Å². The van der Waals surface area contributed by atoms with Gasteiger partial charge in [-0.1, -0.05) is 0 Å². The van der Waals surface area contributed by atoms with Gasteiger partial charge < -0.3 is 15.0 Å². The summed E-state index contributed by atoms with van der Waals surface area (Å²) >= 11 is 0. The molecule has 1 N–H and O–H groups in total. The largest absolute Gasteiger partial charge is 0.381 e. The van der Waals surface area contributed by atoms with Crippen molar-refractivity contribution in [3.05, 3.63) is 0 Å². The van der Waals surface area contributed by atoms with E-state index in [9.17, 15) is 4.79 Å². The number of carbonyl (C=O) groups is 1. The van der Waals surface area contributed by atoms with Crippen LogP contribution in [0.1, 0.15) is 12.8 Å². The van der Waals surface area contributed by atoms with Crippen molar-refractivity contribution in [3.63, 3.8) is 0 Å². The molecule has 1 amide bonds. The van der Waals surface area contributed by atoms with E-state index >= 15 is 0 Å². The first-order valence-corrected chi connectivity index (χ1v) is 7.06. The van der Waals surface area contributed by atoms with Gasteiger partial charge in [0.05, 0.1) is 6.54 Å². The molecule has 0 aromatic heterocycles. The summed E-state index contributed by atoms with van der Waals surface area (Å²) in [7, 11) is 0. The fraction of sp³-hybridized carbons (Fsp3) is 0.923. The van der Waals surface area contributed by atoms with Crippen LogP contribution in [0.2, 0.25) is 0 Å². The SMILES string of the molecule is O=C(CN1CC2(CCOCC2)C1)N1CCNCC1. The Morgan fingerprint density at radius 3 is 2.50 bits per heavy atom. The molecule has 0 bridgehead atoms. The van der Waals surface area contributed by atoms with E-state index in [4.69, 9.17) is 4.74 Å². The van der Waals surface area contributed by atoms with Gasteiger partial charge in [-0.3, -0.25) is 9.69 Å². The molecular formula is C13H23N3O2. The summed E-state index contributed by atoms with van der Waals surface area (Å²) in [5, 5.41) is 3.28. The second-order valence-corrected chi connectivity index (χ2v) is 5.89. The summed E-state index contributed by atoms with van der Waals surface area (Å²) in [5.41, 5.74) is 0.474. The van der Waals surface area contributed by atoms with E-state index in [1.54, 1.807) is 0 Å². The van der Waals surface area contributed by atoms with E-state index < -0.39 is 0 Å². The molecule has 0 aromatic carbocycles. The molecule has 3 fully saturated rings. The second kappa shape index (κ2) is 5.15. The number of piperazine rings is 1. The van der Waals surface area contributed by atoms with Crippen LogP contribution in [0.5, 0.6) is 0 Å². The van der Waals surface area contributed by atoms with Crippen molar-refractivity contribution in [2.24, 2.45) is 5.41 Å². The molecule has 1 spiro atoms. The lowest BCUT2D eigenvalue weighted by Crippen LogP contribution is -2.61. The molecule has 0 radical (unpaired) electrons. The zero-order valence-corrected chi connectivity index (χ0v) is 11.0. The summed E-state index contributed by atoms with van der Waals surface area (Å²) < 4.78 is 5.41. The highest BCUT2D eigenvalue weighted by Crippen LogP contribution is 2.39.